The summed E-state index contributed by atoms with van der Waals surface area (Å²) in [5.41, 5.74) is 0.140. The number of amides is 1. The van der Waals surface area contributed by atoms with E-state index in [9.17, 15) is 9.59 Å². The van der Waals surface area contributed by atoms with Crippen LogP contribution in [0.4, 0.5) is 0 Å². The highest BCUT2D eigenvalue weighted by atomic mass is 16.5. The first-order chi connectivity index (χ1) is 9.90. The number of Topliss-reactive ketones (excluding diaryl/α,β-unsaturated/α-hetero) is 1. The van der Waals surface area contributed by atoms with Crippen LogP contribution in [0.5, 0.6) is 11.5 Å². The Balaban J connectivity index is 2.15. The molecule has 1 aliphatic rings. The van der Waals surface area contributed by atoms with Crippen LogP contribution < -0.4 is 9.47 Å². The number of carbonyl (C=O) groups excluding carboxylic acids is 2. The normalized spacial score (nSPS) is 17.0. The van der Waals surface area contributed by atoms with E-state index in [2.05, 4.69) is 0 Å². The Bertz CT molecular complexity index is 565. The molecule has 5 heteroatoms. The largest absolute Gasteiger partial charge is 0.493 e. The molecule has 0 radical (unpaired) electrons. The molecule has 1 saturated heterocycles. The van der Waals surface area contributed by atoms with Gasteiger partial charge in [-0.2, -0.15) is 0 Å². The van der Waals surface area contributed by atoms with Crippen molar-refractivity contribution < 1.29 is 19.1 Å². The molecule has 21 heavy (non-hydrogen) atoms. The molecule has 0 N–H and O–H groups in total. The third kappa shape index (κ3) is 2.86. The maximum atomic E-state index is 12.4. The molecule has 0 aromatic heterocycles. The first-order valence-corrected chi connectivity index (χ1v) is 6.95. The smallest absolute Gasteiger partial charge is 0.227 e. The van der Waals surface area contributed by atoms with Gasteiger partial charge in [-0.1, -0.05) is 6.07 Å². The zero-order valence-electron chi connectivity index (χ0n) is 12.9. The Morgan fingerprint density at radius 2 is 1.90 bits per heavy atom. The van der Waals surface area contributed by atoms with Crippen molar-refractivity contribution in [2.75, 3.05) is 20.8 Å². The quantitative estimate of drug-likeness (QED) is 0.849. The number of ether oxygens (including phenoxy) is 2. The molecule has 114 valence electrons. The van der Waals surface area contributed by atoms with E-state index in [0.717, 1.165) is 5.56 Å². The topological polar surface area (TPSA) is 55.8 Å². The Hall–Kier alpha value is -2.04. The zero-order valence-corrected chi connectivity index (χ0v) is 12.9. The summed E-state index contributed by atoms with van der Waals surface area (Å²) >= 11 is 0. The van der Waals surface area contributed by atoms with Crippen LogP contribution >= 0.6 is 0 Å². The van der Waals surface area contributed by atoms with Gasteiger partial charge in [0, 0.05) is 13.0 Å². The summed E-state index contributed by atoms with van der Waals surface area (Å²) in [4.78, 5) is 25.9. The van der Waals surface area contributed by atoms with Crippen LogP contribution in [0.3, 0.4) is 0 Å². The van der Waals surface area contributed by atoms with Crippen molar-refractivity contribution in [3.63, 3.8) is 0 Å². The van der Waals surface area contributed by atoms with Crippen LogP contribution in [0.15, 0.2) is 18.2 Å². The Morgan fingerprint density at radius 3 is 2.43 bits per heavy atom. The lowest BCUT2D eigenvalue weighted by atomic mass is 10.00. The zero-order chi connectivity index (χ0) is 15.6. The highest BCUT2D eigenvalue weighted by molar-refractivity contribution is 5.95. The Labute approximate surface area is 124 Å². The summed E-state index contributed by atoms with van der Waals surface area (Å²) in [6, 6.07) is 5.41. The number of likely N-dealkylation sites (tertiary alicyclic amines) is 1. The summed E-state index contributed by atoms with van der Waals surface area (Å²) in [5, 5.41) is 0. The average molecular weight is 291 g/mol. The number of nitrogens with zero attached hydrogens (tertiary/aromatic N) is 1. The van der Waals surface area contributed by atoms with Gasteiger partial charge in [0.1, 0.15) is 0 Å². The van der Waals surface area contributed by atoms with Gasteiger partial charge in [0.15, 0.2) is 17.3 Å². The Kier molecular flexibility index (Phi) is 4.21. The minimum atomic E-state index is -0.701. The maximum absolute atomic E-state index is 12.4. The molecule has 0 spiro atoms. The van der Waals surface area contributed by atoms with Gasteiger partial charge in [-0.05, 0) is 31.5 Å². The molecule has 0 saturated carbocycles. The summed E-state index contributed by atoms with van der Waals surface area (Å²) < 4.78 is 10.4. The van der Waals surface area contributed by atoms with Gasteiger partial charge >= 0.3 is 0 Å². The molecule has 2 rings (SSSR count). The molecule has 1 heterocycles. The molecule has 5 nitrogen and oxygen atoms in total. The maximum Gasteiger partial charge on any atom is 0.227 e. The molecular weight excluding hydrogens is 270 g/mol. The van der Waals surface area contributed by atoms with Gasteiger partial charge in [0.2, 0.25) is 5.91 Å². The van der Waals surface area contributed by atoms with Crippen LogP contribution in [0, 0.1) is 0 Å². The second-order valence-electron chi connectivity index (χ2n) is 5.64. The second-order valence-corrected chi connectivity index (χ2v) is 5.64. The predicted molar refractivity (Wildman–Crippen MR) is 78.7 cm³/mol. The molecule has 0 bridgehead atoms. The molecule has 1 aromatic rings. The molecular formula is C16H21NO4. The summed E-state index contributed by atoms with van der Waals surface area (Å²) in [6.07, 6.45) is 0.682. The first-order valence-electron chi connectivity index (χ1n) is 6.95. The van der Waals surface area contributed by atoms with Crippen molar-refractivity contribution in [1.29, 1.82) is 0 Å². The van der Waals surface area contributed by atoms with E-state index in [1.807, 2.05) is 6.07 Å². The van der Waals surface area contributed by atoms with E-state index in [1.165, 1.54) is 0 Å². The van der Waals surface area contributed by atoms with E-state index in [1.54, 1.807) is 45.1 Å². The highest BCUT2D eigenvalue weighted by Gasteiger charge is 2.42. The molecule has 1 aromatic carbocycles. The number of hydrogen-bond donors (Lipinski definition) is 0. The number of ketones is 1. The predicted octanol–water partition coefficient (Wildman–Crippen LogP) is 1.83. The van der Waals surface area contributed by atoms with Gasteiger partial charge in [0.05, 0.1) is 26.2 Å². The fourth-order valence-corrected chi connectivity index (χ4v) is 2.65. The van der Waals surface area contributed by atoms with Gasteiger partial charge < -0.3 is 14.4 Å². The fourth-order valence-electron chi connectivity index (χ4n) is 2.65. The number of methoxy groups -OCH3 is 2. The third-order valence-corrected chi connectivity index (χ3v) is 4.02. The van der Waals surface area contributed by atoms with E-state index < -0.39 is 5.54 Å². The van der Waals surface area contributed by atoms with Crippen molar-refractivity contribution in [3.05, 3.63) is 23.8 Å². The van der Waals surface area contributed by atoms with Crippen LogP contribution in [0.25, 0.3) is 0 Å². The third-order valence-electron chi connectivity index (χ3n) is 4.02. The number of carbonyl (C=O) groups is 2. The van der Waals surface area contributed by atoms with Crippen LogP contribution in [0.2, 0.25) is 0 Å². The van der Waals surface area contributed by atoms with Gasteiger partial charge in [-0.3, -0.25) is 9.59 Å². The second kappa shape index (κ2) is 5.76. The molecule has 0 aliphatic carbocycles. The van der Waals surface area contributed by atoms with Crippen molar-refractivity contribution in [2.45, 2.75) is 32.2 Å². The molecule has 1 aliphatic heterocycles. The monoisotopic (exact) mass is 291 g/mol. The van der Waals surface area contributed by atoms with Gasteiger partial charge in [0.25, 0.3) is 0 Å². The minimum Gasteiger partial charge on any atom is -0.493 e. The number of rotatable bonds is 4. The van der Waals surface area contributed by atoms with Crippen molar-refractivity contribution >= 4 is 11.7 Å². The molecule has 1 amide bonds. The van der Waals surface area contributed by atoms with E-state index >= 15 is 0 Å². The minimum absolute atomic E-state index is 0.0435. The lowest BCUT2D eigenvalue weighted by Gasteiger charge is -2.30. The van der Waals surface area contributed by atoms with Crippen molar-refractivity contribution in [1.82, 2.24) is 4.90 Å². The lowest BCUT2D eigenvalue weighted by molar-refractivity contribution is -0.138. The van der Waals surface area contributed by atoms with Crippen molar-refractivity contribution in [2.24, 2.45) is 0 Å². The van der Waals surface area contributed by atoms with E-state index in [-0.39, 0.29) is 18.1 Å². The van der Waals surface area contributed by atoms with Crippen LogP contribution in [-0.2, 0) is 16.0 Å². The highest BCUT2D eigenvalue weighted by Crippen LogP contribution is 2.29. The van der Waals surface area contributed by atoms with Gasteiger partial charge in [-0.25, -0.2) is 0 Å². The van der Waals surface area contributed by atoms with Crippen LogP contribution in [0.1, 0.15) is 25.8 Å². The van der Waals surface area contributed by atoms with Gasteiger partial charge in [-0.15, -0.1) is 0 Å². The summed E-state index contributed by atoms with van der Waals surface area (Å²) in [6.45, 7) is 4.10. The number of hydrogen-bond acceptors (Lipinski definition) is 4. The first kappa shape index (κ1) is 15.4. The standard InChI is InChI=1S/C16H21NO4/c1-16(2)14(18)7-8-17(16)15(19)10-11-5-6-12(20-3)13(9-11)21-4/h5-6,9H,7-8,10H2,1-4H3. The lowest BCUT2D eigenvalue weighted by Crippen LogP contribution is -2.46. The summed E-state index contributed by atoms with van der Waals surface area (Å²) in [5.74, 6) is 1.30. The van der Waals surface area contributed by atoms with E-state index in [4.69, 9.17) is 9.47 Å². The summed E-state index contributed by atoms with van der Waals surface area (Å²) in [7, 11) is 3.13. The molecule has 1 fully saturated rings. The fraction of sp³-hybridized carbons (Fsp3) is 0.500. The molecule has 0 atom stereocenters. The van der Waals surface area contributed by atoms with E-state index in [0.29, 0.717) is 24.5 Å². The van der Waals surface area contributed by atoms with Crippen molar-refractivity contribution in [3.8, 4) is 11.5 Å². The van der Waals surface area contributed by atoms with Crippen LogP contribution in [-0.4, -0.2) is 42.9 Å². The molecule has 0 unspecified atom stereocenters. The Morgan fingerprint density at radius 1 is 1.24 bits per heavy atom. The number of benzene rings is 1. The average Bonchev–Trinajstić information content (AvgIpc) is 2.72. The SMILES string of the molecule is COc1ccc(CC(=O)N2CCC(=O)C2(C)C)cc1OC.